The molecule has 1 aliphatic heterocycles. The summed E-state index contributed by atoms with van der Waals surface area (Å²) < 4.78 is 72.3. The van der Waals surface area contributed by atoms with Gasteiger partial charge in [-0.2, -0.15) is 13.2 Å². The highest BCUT2D eigenvalue weighted by Crippen LogP contribution is 2.35. The predicted molar refractivity (Wildman–Crippen MR) is 110 cm³/mol. The van der Waals surface area contributed by atoms with E-state index < -0.39 is 40.9 Å². The Hall–Kier alpha value is -3.80. The number of amides is 1. The third kappa shape index (κ3) is 3.50. The molecule has 12 heteroatoms. The van der Waals surface area contributed by atoms with Gasteiger partial charge in [-0.15, -0.1) is 0 Å². The van der Waals surface area contributed by atoms with Crippen molar-refractivity contribution < 1.29 is 31.5 Å². The molecule has 1 atom stereocenters. The first-order valence-electron chi connectivity index (χ1n) is 9.99. The number of hydrogen-bond donors (Lipinski definition) is 2. The van der Waals surface area contributed by atoms with Gasteiger partial charge in [-0.1, -0.05) is 0 Å². The standard InChI is InChI=1S/C22H15F5N4O3/c1-31(21(33)15-3-9-2-10(22(25,26)27)6-28-19(9)29-15)17-8-34-7-16-18(17)11-4-13(23)14(24)5-12(11)20(32)30-16/h2-6,17H,7-8H2,1H3,(H,28,29)(H,30,32)/t17-/m0/s1. The molecule has 176 valence electrons. The Morgan fingerprint density at radius 2 is 1.82 bits per heavy atom. The van der Waals surface area contributed by atoms with Gasteiger partial charge in [-0.25, -0.2) is 13.8 Å². The minimum absolute atomic E-state index is 0.00539. The van der Waals surface area contributed by atoms with Gasteiger partial charge in [-0.05, 0) is 29.7 Å². The molecule has 1 aliphatic rings. The van der Waals surface area contributed by atoms with E-state index in [0.717, 1.165) is 18.2 Å². The summed E-state index contributed by atoms with van der Waals surface area (Å²) in [6.07, 6.45) is -3.92. The Morgan fingerprint density at radius 3 is 2.53 bits per heavy atom. The SMILES string of the molecule is CN(C(=O)c1cc2cc(C(F)(F)F)cnc2[nH]1)[C@H]1COCc2[nH]c(=O)c3cc(F)c(F)cc3c21. The number of H-pyrrole nitrogens is 2. The number of rotatable bonds is 2. The van der Waals surface area contributed by atoms with Gasteiger partial charge >= 0.3 is 6.18 Å². The van der Waals surface area contributed by atoms with Crippen molar-refractivity contribution in [1.82, 2.24) is 19.9 Å². The highest BCUT2D eigenvalue weighted by Gasteiger charge is 2.33. The first-order chi connectivity index (χ1) is 16.0. The molecule has 34 heavy (non-hydrogen) atoms. The van der Waals surface area contributed by atoms with Crippen LogP contribution in [0, 0.1) is 11.6 Å². The molecule has 0 fully saturated rings. The lowest BCUT2D eigenvalue weighted by atomic mass is 9.95. The van der Waals surface area contributed by atoms with E-state index in [1.54, 1.807) is 0 Å². The van der Waals surface area contributed by atoms with Crippen LogP contribution in [-0.2, 0) is 17.5 Å². The lowest BCUT2D eigenvalue weighted by Gasteiger charge is -2.33. The zero-order valence-electron chi connectivity index (χ0n) is 17.4. The fourth-order valence-electron chi connectivity index (χ4n) is 4.16. The second-order valence-corrected chi connectivity index (χ2v) is 7.95. The number of nitrogens with one attached hydrogen (secondary N) is 2. The number of halogens is 5. The second kappa shape index (κ2) is 7.62. The van der Waals surface area contributed by atoms with Crippen LogP contribution in [0.3, 0.4) is 0 Å². The van der Waals surface area contributed by atoms with Crippen LogP contribution in [0.5, 0.6) is 0 Å². The fourth-order valence-corrected chi connectivity index (χ4v) is 4.16. The van der Waals surface area contributed by atoms with Crippen molar-refractivity contribution in [2.75, 3.05) is 13.7 Å². The molecule has 4 heterocycles. The molecule has 0 aliphatic carbocycles. The van der Waals surface area contributed by atoms with Gasteiger partial charge in [0.15, 0.2) is 11.6 Å². The van der Waals surface area contributed by atoms with E-state index in [2.05, 4.69) is 15.0 Å². The Balaban J connectivity index is 1.57. The third-order valence-electron chi connectivity index (χ3n) is 5.86. The normalized spacial score (nSPS) is 16.1. The first-order valence-corrected chi connectivity index (χ1v) is 9.99. The number of fused-ring (bicyclic) bond motifs is 4. The Labute approximate surface area is 187 Å². The van der Waals surface area contributed by atoms with Crippen LogP contribution in [0.4, 0.5) is 22.0 Å². The van der Waals surface area contributed by atoms with Crippen LogP contribution >= 0.6 is 0 Å². The molecule has 0 saturated heterocycles. The van der Waals surface area contributed by atoms with Gasteiger partial charge in [0.1, 0.15) is 11.3 Å². The molecule has 1 aromatic carbocycles. The average Bonchev–Trinajstić information content (AvgIpc) is 3.22. The molecular weight excluding hydrogens is 463 g/mol. The van der Waals surface area contributed by atoms with E-state index in [1.807, 2.05) is 0 Å². The maximum Gasteiger partial charge on any atom is 0.417 e. The van der Waals surface area contributed by atoms with Gasteiger partial charge in [0.05, 0.1) is 30.2 Å². The van der Waals surface area contributed by atoms with Crippen LogP contribution < -0.4 is 5.56 Å². The molecule has 0 saturated carbocycles. The summed E-state index contributed by atoms with van der Waals surface area (Å²) in [7, 11) is 1.43. The van der Waals surface area contributed by atoms with E-state index >= 15 is 0 Å². The number of aromatic amines is 2. The second-order valence-electron chi connectivity index (χ2n) is 7.95. The zero-order valence-corrected chi connectivity index (χ0v) is 17.4. The van der Waals surface area contributed by atoms with E-state index in [-0.39, 0.29) is 40.7 Å². The molecule has 0 radical (unpaired) electrons. The quantitative estimate of drug-likeness (QED) is 0.426. The van der Waals surface area contributed by atoms with Crippen LogP contribution in [-0.4, -0.2) is 39.4 Å². The summed E-state index contributed by atoms with van der Waals surface area (Å²) >= 11 is 0. The molecule has 2 N–H and O–H groups in total. The van der Waals surface area contributed by atoms with Crippen molar-refractivity contribution in [3.05, 3.63) is 75.0 Å². The number of hydrogen-bond acceptors (Lipinski definition) is 4. The molecule has 5 rings (SSSR count). The van der Waals surface area contributed by atoms with Crippen molar-refractivity contribution >= 4 is 27.7 Å². The van der Waals surface area contributed by atoms with Gasteiger partial charge in [0.2, 0.25) is 0 Å². The minimum Gasteiger partial charge on any atom is -0.373 e. The molecule has 0 bridgehead atoms. The number of aromatic nitrogens is 3. The molecule has 0 unspecified atom stereocenters. The number of benzene rings is 1. The minimum atomic E-state index is -4.59. The zero-order chi connectivity index (χ0) is 24.4. The van der Waals surface area contributed by atoms with Crippen molar-refractivity contribution in [3.8, 4) is 0 Å². The Morgan fingerprint density at radius 1 is 1.12 bits per heavy atom. The third-order valence-corrected chi connectivity index (χ3v) is 5.86. The van der Waals surface area contributed by atoms with E-state index in [1.165, 1.54) is 18.0 Å². The number of alkyl halides is 3. The average molecular weight is 478 g/mol. The van der Waals surface area contributed by atoms with E-state index in [4.69, 9.17) is 4.74 Å². The highest BCUT2D eigenvalue weighted by atomic mass is 19.4. The fraction of sp³-hybridized carbons (Fsp3) is 0.227. The molecule has 1 amide bonds. The number of likely N-dealkylation sites (N-methyl/N-ethyl adjacent to an activating group) is 1. The predicted octanol–water partition coefficient (Wildman–Crippen LogP) is 4.04. The number of nitrogens with zero attached hydrogens (tertiary/aromatic N) is 2. The maximum atomic E-state index is 14.0. The number of carbonyl (C=O) groups is 1. The van der Waals surface area contributed by atoms with E-state index in [9.17, 15) is 31.5 Å². The van der Waals surface area contributed by atoms with Crippen LogP contribution in [0.25, 0.3) is 21.8 Å². The van der Waals surface area contributed by atoms with Gasteiger partial charge in [-0.3, -0.25) is 9.59 Å². The summed E-state index contributed by atoms with van der Waals surface area (Å²) in [5, 5.41) is 0.151. The van der Waals surface area contributed by atoms with Gasteiger partial charge in [0.25, 0.3) is 11.5 Å². The monoisotopic (exact) mass is 478 g/mol. The lowest BCUT2D eigenvalue weighted by molar-refractivity contribution is -0.137. The van der Waals surface area contributed by atoms with Gasteiger partial charge in [0, 0.05) is 29.9 Å². The van der Waals surface area contributed by atoms with E-state index in [0.29, 0.717) is 17.5 Å². The Bertz CT molecular complexity index is 1530. The summed E-state index contributed by atoms with van der Waals surface area (Å²) in [5.74, 6) is -2.94. The van der Waals surface area contributed by atoms with Crippen molar-refractivity contribution in [2.45, 2.75) is 18.8 Å². The maximum absolute atomic E-state index is 14.0. The largest absolute Gasteiger partial charge is 0.417 e. The summed E-state index contributed by atoms with van der Waals surface area (Å²) in [6, 6.07) is 3.02. The number of ether oxygens (including phenoxy) is 1. The summed E-state index contributed by atoms with van der Waals surface area (Å²) in [5.41, 5.74) is -0.810. The van der Waals surface area contributed by atoms with Gasteiger partial charge < -0.3 is 19.6 Å². The van der Waals surface area contributed by atoms with Crippen molar-refractivity contribution in [1.29, 1.82) is 0 Å². The molecular formula is C22H15F5N4O3. The van der Waals surface area contributed by atoms with Crippen LogP contribution in [0.1, 0.15) is 33.4 Å². The number of carbonyl (C=O) groups excluding carboxylic acids is 1. The molecule has 4 aromatic rings. The topological polar surface area (TPSA) is 91.1 Å². The molecule has 3 aromatic heterocycles. The summed E-state index contributed by atoms with van der Waals surface area (Å²) in [6.45, 7) is -0.0132. The van der Waals surface area contributed by atoms with Crippen LogP contribution in [0.2, 0.25) is 0 Å². The first kappa shape index (κ1) is 22.0. The summed E-state index contributed by atoms with van der Waals surface area (Å²) in [4.78, 5) is 35.9. The smallest absolute Gasteiger partial charge is 0.373 e. The number of pyridine rings is 2. The molecule has 0 spiro atoms. The highest BCUT2D eigenvalue weighted by molar-refractivity contribution is 5.98. The van der Waals surface area contributed by atoms with Crippen LogP contribution in [0.15, 0.2) is 35.3 Å². The molecule has 7 nitrogen and oxygen atoms in total. The lowest BCUT2D eigenvalue weighted by Crippen LogP contribution is -2.37. The Kier molecular flexibility index (Phi) is 4.93. The van der Waals surface area contributed by atoms with Crippen molar-refractivity contribution in [3.63, 3.8) is 0 Å². The van der Waals surface area contributed by atoms with Crippen molar-refractivity contribution in [2.24, 2.45) is 0 Å².